The second-order valence-electron chi connectivity index (χ2n) is 5.05. The van der Waals surface area contributed by atoms with Gasteiger partial charge in [0.1, 0.15) is 5.76 Å². The number of furan rings is 1. The van der Waals surface area contributed by atoms with Crippen molar-refractivity contribution in [3.8, 4) is 0 Å². The van der Waals surface area contributed by atoms with Crippen LogP contribution in [-0.4, -0.2) is 32.1 Å². The van der Waals surface area contributed by atoms with Crippen molar-refractivity contribution in [2.45, 2.75) is 13.1 Å². The number of hydrogen-bond acceptors (Lipinski definition) is 5. The van der Waals surface area contributed by atoms with Crippen LogP contribution in [0, 0.1) is 0 Å². The van der Waals surface area contributed by atoms with Crippen molar-refractivity contribution in [1.82, 2.24) is 4.90 Å². The Morgan fingerprint density at radius 3 is 2.81 bits per heavy atom. The smallest absolute Gasteiger partial charge is 0.373 e. The molecule has 1 aromatic heterocycles. The van der Waals surface area contributed by atoms with Gasteiger partial charge in [-0.15, -0.1) is 0 Å². The van der Waals surface area contributed by atoms with E-state index in [1.807, 2.05) is 26.2 Å². The lowest BCUT2D eigenvalue weighted by Gasteiger charge is -2.11. The molecule has 0 aliphatic carbocycles. The molecule has 1 heterocycles. The third-order valence-corrected chi connectivity index (χ3v) is 2.94. The minimum atomic E-state index is -0.464. The molecule has 0 atom stereocenters. The van der Waals surface area contributed by atoms with E-state index in [4.69, 9.17) is 4.42 Å². The number of methoxy groups -OCH3 is 1. The fraction of sp³-hybridized carbons (Fsp3) is 0.312. The summed E-state index contributed by atoms with van der Waals surface area (Å²) < 4.78 is 10.0. The van der Waals surface area contributed by atoms with Gasteiger partial charge < -0.3 is 19.4 Å². The van der Waals surface area contributed by atoms with Gasteiger partial charge >= 0.3 is 5.97 Å². The maximum Gasteiger partial charge on any atom is 0.373 e. The van der Waals surface area contributed by atoms with Crippen LogP contribution in [0.25, 0.3) is 0 Å². The van der Waals surface area contributed by atoms with Crippen molar-refractivity contribution < 1.29 is 13.9 Å². The molecule has 0 spiro atoms. The molecule has 0 aliphatic heterocycles. The first-order chi connectivity index (χ1) is 10.1. The topological polar surface area (TPSA) is 54.7 Å². The van der Waals surface area contributed by atoms with Crippen LogP contribution in [0.2, 0.25) is 0 Å². The van der Waals surface area contributed by atoms with E-state index in [-0.39, 0.29) is 5.76 Å². The Bertz CT molecular complexity index is 605. The molecular weight excluding hydrogens is 268 g/mol. The lowest BCUT2D eigenvalue weighted by molar-refractivity contribution is 0.0563. The summed E-state index contributed by atoms with van der Waals surface area (Å²) in [5.74, 6) is 0.443. The number of hydrogen-bond donors (Lipinski definition) is 1. The molecule has 2 rings (SSSR count). The van der Waals surface area contributed by atoms with E-state index >= 15 is 0 Å². The van der Waals surface area contributed by atoms with Gasteiger partial charge in [0.25, 0.3) is 0 Å². The Balaban J connectivity index is 1.96. The molecule has 2 aromatic rings. The highest BCUT2D eigenvalue weighted by Crippen LogP contribution is 2.15. The zero-order chi connectivity index (χ0) is 15.2. The normalized spacial score (nSPS) is 10.7. The quantitative estimate of drug-likeness (QED) is 0.828. The molecule has 0 bridgehead atoms. The van der Waals surface area contributed by atoms with Crippen molar-refractivity contribution in [2.75, 3.05) is 26.5 Å². The van der Waals surface area contributed by atoms with Gasteiger partial charge in [0.15, 0.2) is 0 Å². The summed E-state index contributed by atoms with van der Waals surface area (Å²) in [6, 6.07) is 11.6. The van der Waals surface area contributed by atoms with E-state index in [2.05, 4.69) is 27.1 Å². The molecule has 0 fully saturated rings. The van der Waals surface area contributed by atoms with Gasteiger partial charge in [0.2, 0.25) is 5.76 Å². The van der Waals surface area contributed by atoms with Crippen LogP contribution in [-0.2, 0) is 17.8 Å². The Hall–Kier alpha value is -2.27. The van der Waals surface area contributed by atoms with Crippen LogP contribution < -0.4 is 5.32 Å². The summed E-state index contributed by atoms with van der Waals surface area (Å²) in [4.78, 5) is 13.4. The number of nitrogens with zero attached hydrogens (tertiary/aromatic N) is 1. The first-order valence-corrected chi connectivity index (χ1v) is 6.73. The number of anilines is 1. The molecule has 1 N–H and O–H groups in total. The van der Waals surface area contributed by atoms with Gasteiger partial charge in [-0.25, -0.2) is 4.79 Å². The molecule has 0 radical (unpaired) electrons. The first kappa shape index (κ1) is 15.1. The molecule has 5 heteroatoms. The SMILES string of the molecule is COC(=O)c1ccc(CNc2cccc(CN(C)C)c2)o1. The molecule has 21 heavy (non-hydrogen) atoms. The van der Waals surface area contributed by atoms with Crippen LogP contribution in [0.5, 0.6) is 0 Å². The Morgan fingerprint density at radius 2 is 2.10 bits per heavy atom. The predicted octanol–water partition coefficient (Wildman–Crippen LogP) is 2.74. The largest absolute Gasteiger partial charge is 0.463 e. The van der Waals surface area contributed by atoms with Crippen molar-refractivity contribution in [3.05, 3.63) is 53.5 Å². The van der Waals surface area contributed by atoms with Crippen molar-refractivity contribution in [3.63, 3.8) is 0 Å². The lowest BCUT2D eigenvalue weighted by atomic mass is 10.2. The molecule has 5 nitrogen and oxygen atoms in total. The van der Waals surface area contributed by atoms with Crippen LogP contribution in [0.1, 0.15) is 21.9 Å². The maximum absolute atomic E-state index is 11.3. The number of esters is 1. The van der Waals surface area contributed by atoms with Crippen molar-refractivity contribution >= 4 is 11.7 Å². The van der Waals surface area contributed by atoms with Gasteiger partial charge in [0.05, 0.1) is 13.7 Å². The Morgan fingerprint density at radius 1 is 1.29 bits per heavy atom. The van der Waals surface area contributed by atoms with Crippen LogP contribution in [0.15, 0.2) is 40.8 Å². The van der Waals surface area contributed by atoms with Gasteiger partial charge in [-0.3, -0.25) is 0 Å². The monoisotopic (exact) mass is 288 g/mol. The summed E-state index contributed by atoms with van der Waals surface area (Å²) in [7, 11) is 5.41. The Labute approximate surface area is 124 Å². The number of carbonyl (C=O) groups excluding carboxylic acids is 1. The van der Waals surface area contributed by atoms with Gasteiger partial charge in [0, 0.05) is 12.2 Å². The molecular formula is C16H20N2O3. The van der Waals surface area contributed by atoms with Crippen LogP contribution in [0.4, 0.5) is 5.69 Å². The van der Waals surface area contributed by atoms with Crippen molar-refractivity contribution in [2.24, 2.45) is 0 Å². The molecule has 0 saturated carbocycles. The van der Waals surface area contributed by atoms with E-state index in [1.165, 1.54) is 12.7 Å². The third-order valence-electron chi connectivity index (χ3n) is 2.94. The number of rotatable bonds is 6. The fourth-order valence-corrected chi connectivity index (χ4v) is 2.02. The third kappa shape index (κ3) is 4.36. The number of carbonyl (C=O) groups is 1. The summed E-state index contributed by atoms with van der Waals surface area (Å²) >= 11 is 0. The van der Waals surface area contributed by atoms with Gasteiger partial charge in [-0.2, -0.15) is 0 Å². The zero-order valence-corrected chi connectivity index (χ0v) is 12.6. The van der Waals surface area contributed by atoms with Gasteiger partial charge in [-0.1, -0.05) is 12.1 Å². The molecule has 0 saturated heterocycles. The summed E-state index contributed by atoms with van der Waals surface area (Å²) in [6.07, 6.45) is 0. The van der Waals surface area contributed by atoms with E-state index in [1.54, 1.807) is 12.1 Å². The predicted molar refractivity (Wildman–Crippen MR) is 81.2 cm³/mol. The van der Waals surface area contributed by atoms with Gasteiger partial charge in [-0.05, 0) is 43.9 Å². The maximum atomic E-state index is 11.3. The minimum absolute atomic E-state index is 0.218. The number of ether oxygens (including phenoxy) is 1. The van der Waals surface area contributed by atoms with Crippen molar-refractivity contribution in [1.29, 1.82) is 0 Å². The average Bonchev–Trinajstić information content (AvgIpc) is 2.93. The van der Waals surface area contributed by atoms with Crippen LogP contribution >= 0.6 is 0 Å². The molecule has 112 valence electrons. The number of nitrogens with one attached hydrogen (secondary N) is 1. The highest BCUT2D eigenvalue weighted by molar-refractivity contribution is 5.86. The second kappa shape index (κ2) is 6.95. The highest BCUT2D eigenvalue weighted by Gasteiger charge is 2.10. The molecule has 0 aliphatic rings. The first-order valence-electron chi connectivity index (χ1n) is 6.73. The summed E-state index contributed by atoms with van der Waals surface area (Å²) in [5, 5.41) is 3.28. The van der Waals surface area contributed by atoms with Crippen LogP contribution in [0.3, 0.4) is 0 Å². The highest BCUT2D eigenvalue weighted by atomic mass is 16.5. The fourth-order valence-electron chi connectivity index (χ4n) is 2.02. The Kier molecular flexibility index (Phi) is 5.00. The van der Waals surface area contributed by atoms with E-state index in [0.29, 0.717) is 12.3 Å². The molecule has 1 aromatic carbocycles. The zero-order valence-electron chi connectivity index (χ0n) is 12.6. The van der Waals surface area contributed by atoms with E-state index in [9.17, 15) is 4.79 Å². The number of benzene rings is 1. The van der Waals surface area contributed by atoms with E-state index < -0.39 is 5.97 Å². The summed E-state index contributed by atoms with van der Waals surface area (Å²) in [6.45, 7) is 1.41. The van der Waals surface area contributed by atoms with E-state index in [0.717, 1.165) is 12.2 Å². The standard InChI is InChI=1S/C16H20N2O3/c1-18(2)11-12-5-4-6-13(9-12)17-10-14-7-8-15(21-14)16(19)20-3/h4-9,17H,10-11H2,1-3H3. The molecule has 0 amide bonds. The molecule has 0 unspecified atom stereocenters. The second-order valence-corrected chi connectivity index (χ2v) is 5.05. The minimum Gasteiger partial charge on any atom is -0.463 e. The lowest BCUT2D eigenvalue weighted by Crippen LogP contribution is -2.10. The summed E-state index contributed by atoms with van der Waals surface area (Å²) in [5.41, 5.74) is 2.25. The average molecular weight is 288 g/mol.